The van der Waals surface area contributed by atoms with E-state index in [4.69, 9.17) is 4.74 Å². The second-order valence-electron chi connectivity index (χ2n) is 15.2. The number of ether oxygens (including phenoxy) is 1. The zero-order valence-electron chi connectivity index (χ0n) is 26.6. The van der Waals surface area contributed by atoms with Crippen LogP contribution in [0.15, 0.2) is 23.3 Å². The second-order valence-corrected chi connectivity index (χ2v) is 15.2. The minimum absolute atomic E-state index is 0.0144. The summed E-state index contributed by atoms with van der Waals surface area (Å²) in [5, 5.41) is 13.1. The van der Waals surface area contributed by atoms with Gasteiger partial charge in [-0.05, 0) is 100 Å². The number of hydrogen-bond acceptors (Lipinski definition) is 5. The molecule has 4 atom stereocenters. The van der Waals surface area contributed by atoms with E-state index in [1.165, 1.54) is 0 Å². The first-order valence-electron chi connectivity index (χ1n) is 15.2. The molecule has 2 fully saturated rings. The molecule has 3 rings (SSSR count). The molecule has 0 radical (unpaired) electrons. The standard InChI is InChI=1S/C34H52N2O4/c1-22(2)40-29(39)36-34(16-13-30(5,6)14-17-34)18-15-31(7,8)33(10)12-11-26-24(4)28(38)25(21-35)20-32(26,9)27(33)19-23(3)37/h19-20,22,24,26H,11-18H2,1-10H3,(H,36,39)/b27-19-/t24-,26-,32-,33+/m0/s1. The molecule has 0 bridgehead atoms. The van der Waals surface area contributed by atoms with E-state index >= 15 is 0 Å². The van der Waals surface area contributed by atoms with E-state index in [0.29, 0.717) is 0 Å². The summed E-state index contributed by atoms with van der Waals surface area (Å²) in [4.78, 5) is 38.4. The summed E-state index contributed by atoms with van der Waals surface area (Å²) in [7, 11) is 0. The minimum Gasteiger partial charge on any atom is -0.447 e. The molecule has 0 aromatic carbocycles. The molecule has 0 aromatic heterocycles. The van der Waals surface area contributed by atoms with Crippen molar-refractivity contribution >= 4 is 17.7 Å². The quantitative estimate of drug-likeness (QED) is 0.324. The Bertz CT molecular complexity index is 1130. The highest BCUT2D eigenvalue weighted by molar-refractivity contribution is 6.02. The van der Waals surface area contributed by atoms with Gasteiger partial charge in [-0.15, -0.1) is 0 Å². The normalized spacial score (nSPS) is 32.6. The smallest absolute Gasteiger partial charge is 0.407 e. The third kappa shape index (κ3) is 6.09. The van der Waals surface area contributed by atoms with Crippen molar-refractivity contribution in [1.82, 2.24) is 5.32 Å². The lowest BCUT2D eigenvalue weighted by Crippen LogP contribution is -2.55. The van der Waals surface area contributed by atoms with E-state index < -0.39 is 5.41 Å². The Balaban J connectivity index is 1.99. The molecule has 3 aliphatic rings. The van der Waals surface area contributed by atoms with Gasteiger partial charge in [-0.3, -0.25) is 9.59 Å². The van der Waals surface area contributed by atoms with E-state index in [1.54, 1.807) is 13.0 Å². The fraction of sp³-hybridized carbons (Fsp3) is 0.765. The first-order valence-corrected chi connectivity index (χ1v) is 15.2. The van der Waals surface area contributed by atoms with Crippen LogP contribution in [0.4, 0.5) is 4.79 Å². The fourth-order valence-electron chi connectivity index (χ4n) is 7.86. The van der Waals surface area contributed by atoms with Gasteiger partial charge < -0.3 is 10.1 Å². The van der Waals surface area contributed by atoms with Crippen LogP contribution in [0.3, 0.4) is 0 Å². The average Bonchev–Trinajstić information content (AvgIpc) is 2.84. The lowest BCUT2D eigenvalue weighted by molar-refractivity contribution is -0.123. The fourth-order valence-corrected chi connectivity index (χ4v) is 7.86. The summed E-state index contributed by atoms with van der Waals surface area (Å²) in [5.74, 6) is -0.320. The minimum atomic E-state index is -0.555. The van der Waals surface area contributed by atoms with Crippen LogP contribution >= 0.6 is 0 Å². The maximum absolute atomic E-state index is 12.9. The number of carbonyl (C=O) groups excluding carboxylic acids is 3. The molecule has 1 N–H and O–H groups in total. The third-order valence-corrected chi connectivity index (χ3v) is 11.1. The summed E-state index contributed by atoms with van der Waals surface area (Å²) < 4.78 is 5.51. The molecule has 0 unspecified atom stereocenters. The number of nitrogens with zero attached hydrogens (tertiary/aromatic N) is 1. The van der Waals surface area contributed by atoms with E-state index in [-0.39, 0.29) is 63.0 Å². The first kappa shape index (κ1) is 32.1. The van der Waals surface area contributed by atoms with Crippen LogP contribution < -0.4 is 5.32 Å². The van der Waals surface area contributed by atoms with Crippen LogP contribution in [0.2, 0.25) is 0 Å². The number of fused-ring (bicyclic) bond motifs is 1. The van der Waals surface area contributed by atoms with E-state index in [2.05, 4.69) is 52.9 Å². The van der Waals surface area contributed by atoms with Crippen LogP contribution in [0, 0.1) is 44.8 Å². The number of rotatable bonds is 7. The molecular weight excluding hydrogens is 500 g/mol. The van der Waals surface area contributed by atoms with Gasteiger partial charge in [-0.1, -0.05) is 60.1 Å². The second kappa shape index (κ2) is 11.1. The molecule has 0 aromatic rings. The Morgan fingerprint density at radius 3 is 2.27 bits per heavy atom. The number of allylic oxidation sites excluding steroid dienone is 4. The summed E-state index contributed by atoms with van der Waals surface area (Å²) in [6.07, 6.45) is 10.4. The van der Waals surface area contributed by atoms with Crippen molar-refractivity contribution in [2.75, 3.05) is 0 Å². The first-order chi connectivity index (χ1) is 18.3. The van der Waals surface area contributed by atoms with E-state index in [0.717, 1.165) is 56.9 Å². The highest BCUT2D eigenvalue weighted by Gasteiger charge is 2.58. The highest BCUT2D eigenvalue weighted by Crippen LogP contribution is 2.65. The van der Waals surface area contributed by atoms with Gasteiger partial charge in [0, 0.05) is 16.9 Å². The van der Waals surface area contributed by atoms with Gasteiger partial charge >= 0.3 is 6.09 Å². The van der Waals surface area contributed by atoms with Crippen molar-refractivity contribution in [3.63, 3.8) is 0 Å². The number of ketones is 2. The van der Waals surface area contributed by atoms with Crippen molar-refractivity contribution in [2.24, 2.45) is 33.5 Å². The predicted molar refractivity (Wildman–Crippen MR) is 158 cm³/mol. The van der Waals surface area contributed by atoms with Gasteiger partial charge in [0.15, 0.2) is 11.6 Å². The number of amides is 1. The lowest BCUT2D eigenvalue weighted by atomic mass is 9.44. The molecule has 1 amide bonds. The Morgan fingerprint density at radius 2 is 1.75 bits per heavy atom. The number of Topliss-reactive ketones (excluding diaryl/α,β-unsaturated/α-hetero) is 1. The summed E-state index contributed by atoms with van der Waals surface area (Å²) >= 11 is 0. The molecule has 3 aliphatic carbocycles. The molecule has 40 heavy (non-hydrogen) atoms. The largest absolute Gasteiger partial charge is 0.447 e. The van der Waals surface area contributed by atoms with E-state index in [1.807, 2.05) is 26.8 Å². The number of carbonyl (C=O) groups is 3. The summed E-state index contributed by atoms with van der Waals surface area (Å²) in [6.45, 7) is 20.8. The monoisotopic (exact) mass is 552 g/mol. The highest BCUT2D eigenvalue weighted by atomic mass is 16.6. The number of nitrogens with one attached hydrogen (secondary N) is 1. The molecule has 6 heteroatoms. The molecule has 0 saturated heterocycles. The molecule has 0 spiro atoms. The summed E-state index contributed by atoms with van der Waals surface area (Å²) in [6, 6.07) is 2.14. The Labute approximate surface area is 242 Å². The summed E-state index contributed by atoms with van der Waals surface area (Å²) in [5.41, 5.74) is 0.0388. The van der Waals surface area contributed by atoms with Crippen LogP contribution in [-0.2, 0) is 14.3 Å². The Kier molecular flexibility index (Phi) is 8.91. The number of alkyl carbamates (subject to hydrolysis) is 1. The number of hydrogen-bond donors (Lipinski definition) is 1. The van der Waals surface area contributed by atoms with Gasteiger partial charge in [0.05, 0.1) is 11.7 Å². The zero-order chi connectivity index (χ0) is 30.3. The van der Waals surface area contributed by atoms with Crippen LogP contribution in [0.25, 0.3) is 0 Å². The molecule has 0 aliphatic heterocycles. The maximum Gasteiger partial charge on any atom is 0.407 e. The van der Waals surface area contributed by atoms with Crippen LogP contribution in [0.1, 0.15) is 121 Å². The molecule has 222 valence electrons. The topological polar surface area (TPSA) is 96.3 Å². The molecule has 0 heterocycles. The maximum atomic E-state index is 12.9. The zero-order valence-corrected chi connectivity index (χ0v) is 26.6. The van der Waals surface area contributed by atoms with Crippen molar-refractivity contribution in [2.45, 2.75) is 132 Å². The van der Waals surface area contributed by atoms with Gasteiger partial charge in [-0.25, -0.2) is 4.79 Å². The third-order valence-electron chi connectivity index (χ3n) is 11.1. The average molecular weight is 553 g/mol. The van der Waals surface area contributed by atoms with Gasteiger partial charge in [0.25, 0.3) is 0 Å². The van der Waals surface area contributed by atoms with Crippen molar-refractivity contribution in [1.29, 1.82) is 5.26 Å². The number of nitriles is 1. The molecular formula is C34H52N2O4. The van der Waals surface area contributed by atoms with E-state index in [9.17, 15) is 19.6 Å². The predicted octanol–water partition coefficient (Wildman–Crippen LogP) is 7.87. The SMILES string of the molecule is CC(=O)/C=C1/[C@@]2(C)C=C(C#N)C(=O)[C@@H](C)[C@@H]2CC[C@@]1(C)C(C)(C)CCC1(NC(=O)OC(C)C)CCC(C)(C)CC1. The van der Waals surface area contributed by atoms with Gasteiger partial charge in [-0.2, -0.15) is 5.26 Å². The van der Waals surface area contributed by atoms with Crippen LogP contribution in [-0.4, -0.2) is 29.3 Å². The van der Waals surface area contributed by atoms with Crippen molar-refractivity contribution in [3.05, 3.63) is 23.3 Å². The Hall–Kier alpha value is -2.42. The molecule has 2 saturated carbocycles. The van der Waals surface area contributed by atoms with Gasteiger partial charge in [0.1, 0.15) is 6.07 Å². The molecule has 6 nitrogen and oxygen atoms in total. The van der Waals surface area contributed by atoms with Gasteiger partial charge in [0.2, 0.25) is 0 Å². The van der Waals surface area contributed by atoms with Crippen LogP contribution in [0.5, 0.6) is 0 Å². The lowest BCUT2D eigenvalue weighted by Gasteiger charge is -2.59. The van der Waals surface area contributed by atoms with Crippen molar-refractivity contribution < 1.29 is 19.1 Å². The Morgan fingerprint density at radius 1 is 1.15 bits per heavy atom. The van der Waals surface area contributed by atoms with Crippen molar-refractivity contribution in [3.8, 4) is 6.07 Å².